The second-order valence-corrected chi connectivity index (χ2v) is 10.7. The van der Waals surface area contributed by atoms with Crippen LogP contribution < -0.4 is 0 Å². The number of nitro groups is 1. The molecule has 1 saturated heterocycles. The minimum atomic E-state index is -2.30. The minimum absolute atomic E-state index is 0.114. The highest BCUT2D eigenvalue weighted by molar-refractivity contribution is 6.37. The Bertz CT molecular complexity index is 1790. The molecule has 8 nitrogen and oxygen atoms in total. The molecule has 1 heterocycles. The third-order valence-electron chi connectivity index (χ3n) is 8.63. The SMILES string of the molecule is Cc1ccc([C@@H]2OC3(C(=O)c4ccccc4C3=O)[C@H](c3cccc([N+](=O)[O-])c3)C23C(=O)c2ccccc2C3=O)cc1. The van der Waals surface area contributed by atoms with Crippen molar-refractivity contribution >= 4 is 28.8 Å². The van der Waals surface area contributed by atoms with E-state index in [1.54, 1.807) is 60.7 Å². The number of hydrogen-bond acceptors (Lipinski definition) is 7. The van der Waals surface area contributed by atoms with Crippen molar-refractivity contribution in [2.24, 2.45) is 5.41 Å². The first-order chi connectivity index (χ1) is 19.7. The molecule has 1 aliphatic heterocycles. The Kier molecular flexibility index (Phi) is 5.14. The smallest absolute Gasteiger partial charge is 0.269 e. The van der Waals surface area contributed by atoms with Crippen molar-refractivity contribution in [1.29, 1.82) is 0 Å². The van der Waals surface area contributed by atoms with Crippen LogP contribution in [0.25, 0.3) is 0 Å². The first-order valence-corrected chi connectivity index (χ1v) is 13.1. The summed E-state index contributed by atoms with van der Waals surface area (Å²) in [7, 11) is 0. The zero-order valence-electron chi connectivity index (χ0n) is 21.7. The predicted molar refractivity (Wildman–Crippen MR) is 146 cm³/mol. The maximum atomic E-state index is 14.7. The highest BCUT2D eigenvalue weighted by Crippen LogP contribution is 2.68. The lowest BCUT2D eigenvalue weighted by Crippen LogP contribution is -2.51. The van der Waals surface area contributed by atoms with Crippen molar-refractivity contribution in [2.75, 3.05) is 0 Å². The van der Waals surface area contributed by atoms with E-state index in [0.29, 0.717) is 5.56 Å². The van der Waals surface area contributed by atoms with Crippen LogP contribution >= 0.6 is 0 Å². The van der Waals surface area contributed by atoms with Gasteiger partial charge in [0.2, 0.25) is 17.2 Å². The maximum Gasteiger partial charge on any atom is 0.269 e. The van der Waals surface area contributed by atoms with Crippen LogP contribution in [0.2, 0.25) is 0 Å². The van der Waals surface area contributed by atoms with Crippen LogP contribution in [0.3, 0.4) is 0 Å². The summed E-state index contributed by atoms with van der Waals surface area (Å²) in [5.41, 5.74) is -2.68. The van der Waals surface area contributed by atoms with Crippen LogP contribution in [-0.2, 0) is 4.74 Å². The van der Waals surface area contributed by atoms with Crippen molar-refractivity contribution in [3.63, 3.8) is 0 Å². The molecule has 0 N–H and O–H groups in total. The van der Waals surface area contributed by atoms with Gasteiger partial charge in [0.15, 0.2) is 11.6 Å². The number of fused-ring (bicyclic) bond motifs is 2. The van der Waals surface area contributed by atoms with Crippen molar-refractivity contribution in [1.82, 2.24) is 0 Å². The van der Waals surface area contributed by atoms with E-state index in [4.69, 9.17) is 4.74 Å². The quantitative estimate of drug-likeness (QED) is 0.186. The zero-order chi connectivity index (χ0) is 28.7. The van der Waals surface area contributed by atoms with E-state index in [1.807, 2.05) is 6.92 Å². The number of Topliss-reactive ketones (excluding diaryl/α,β-unsaturated/α-hetero) is 4. The Morgan fingerprint density at radius 2 is 1.17 bits per heavy atom. The average Bonchev–Trinajstić information content (AvgIpc) is 3.51. The molecule has 200 valence electrons. The van der Waals surface area contributed by atoms with Gasteiger partial charge in [-0.25, -0.2) is 0 Å². The number of ether oxygens (including phenoxy) is 1. The summed E-state index contributed by atoms with van der Waals surface area (Å²) in [6.45, 7) is 1.88. The molecule has 0 amide bonds. The maximum absolute atomic E-state index is 14.7. The Balaban J connectivity index is 1.60. The number of rotatable bonds is 3. The van der Waals surface area contributed by atoms with Crippen molar-refractivity contribution in [2.45, 2.75) is 24.5 Å². The van der Waals surface area contributed by atoms with E-state index in [0.717, 1.165) is 5.56 Å². The zero-order valence-corrected chi connectivity index (χ0v) is 21.7. The van der Waals surface area contributed by atoms with E-state index in [2.05, 4.69) is 0 Å². The number of benzene rings is 4. The van der Waals surface area contributed by atoms with Gasteiger partial charge in [0, 0.05) is 34.4 Å². The second-order valence-electron chi connectivity index (χ2n) is 10.7. The average molecular weight is 544 g/mol. The molecule has 3 aliphatic rings. The molecule has 4 aromatic carbocycles. The molecule has 0 saturated carbocycles. The van der Waals surface area contributed by atoms with Crippen LogP contribution in [0.4, 0.5) is 5.69 Å². The number of hydrogen-bond donors (Lipinski definition) is 0. The van der Waals surface area contributed by atoms with Crippen LogP contribution in [0.15, 0.2) is 97.1 Å². The van der Waals surface area contributed by atoms with Gasteiger partial charge in [-0.2, -0.15) is 0 Å². The van der Waals surface area contributed by atoms with Gasteiger partial charge in [-0.3, -0.25) is 29.3 Å². The fourth-order valence-corrected chi connectivity index (χ4v) is 6.89. The summed E-state index contributed by atoms with van der Waals surface area (Å²) in [6, 6.07) is 25.1. The summed E-state index contributed by atoms with van der Waals surface area (Å²) in [5.74, 6) is -4.02. The van der Waals surface area contributed by atoms with E-state index >= 15 is 0 Å². The monoisotopic (exact) mass is 543 g/mol. The number of ketones is 4. The highest BCUT2D eigenvalue weighted by Gasteiger charge is 2.79. The summed E-state index contributed by atoms with van der Waals surface area (Å²) in [6.07, 6.45) is -1.33. The largest absolute Gasteiger partial charge is 0.348 e. The number of carbonyl (C=O) groups excluding carboxylic acids is 4. The second kappa shape index (κ2) is 8.46. The number of non-ortho nitro benzene ring substituents is 1. The molecule has 0 unspecified atom stereocenters. The minimum Gasteiger partial charge on any atom is -0.348 e. The molecule has 0 aromatic heterocycles. The van der Waals surface area contributed by atoms with E-state index in [9.17, 15) is 29.3 Å². The van der Waals surface area contributed by atoms with Gasteiger partial charge < -0.3 is 4.74 Å². The van der Waals surface area contributed by atoms with E-state index in [-0.39, 0.29) is 33.5 Å². The Morgan fingerprint density at radius 1 is 0.659 bits per heavy atom. The van der Waals surface area contributed by atoms with E-state index in [1.165, 1.54) is 36.4 Å². The van der Waals surface area contributed by atoms with Gasteiger partial charge in [0.05, 0.1) is 10.8 Å². The van der Waals surface area contributed by atoms with Gasteiger partial charge in [-0.05, 0) is 18.1 Å². The summed E-state index contributed by atoms with van der Waals surface area (Å²) >= 11 is 0. The summed E-state index contributed by atoms with van der Waals surface area (Å²) < 4.78 is 6.61. The molecule has 2 aliphatic carbocycles. The van der Waals surface area contributed by atoms with E-state index < -0.39 is 51.1 Å². The Morgan fingerprint density at radius 3 is 1.68 bits per heavy atom. The number of carbonyl (C=O) groups is 4. The molecule has 2 spiro atoms. The molecule has 7 rings (SSSR count). The van der Waals surface area contributed by atoms with Crippen LogP contribution in [-0.4, -0.2) is 33.7 Å². The molecule has 2 atom stereocenters. The van der Waals surface area contributed by atoms with Crippen molar-refractivity contribution in [3.05, 3.63) is 146 Å². The molecular formula is C33H21NO7. The normalized spacial score (nSPS) is 21.5. The lowest BCUT2D eigenvalue weighted by molar-refractivity contribution is -0.384. The van der Waals surface area contributed by atoms with Crippen molar-refractivity contribution < 1.29 is 28.8 Å². The van der Waals surface area contributed by atoms with Crippen molar-refractivity contribution in [3.8, 4) is 0 Å². The topological polar surface area (TPSA) is 121 Å². The molecule has 1 fully saturated rings. The summed E-state index contributed by atoms with van der Waals surface area (Å²) in [5, 5.41) is 11.8. The summed E-state index contributed by atoms with van der Waals surface area (Å²) in [4.78, 5) is 69.3. The number of nitro benzene ring substituents is 1. The first kappa shape index (κ1) is 24.9. The first-order valence-electron chi connectivity index (χ1n) is 13.1. The Hall–Kier alpha value is -5.08. The third kappa shape index (κ3) is 3.02. The lowest BCUT2D eigenvalue weighted by atomic mass is 9.60. The lowest BCUT2D eigenvalue weighted by Gasteiger charge is -2.34. The van der Waals surface area contributed by atoms with Gasteiger partial charge in [0.1, 0.15) is 11.5 Å². The molecule has 4 aromatic rings. The fourth-order valence-electron chi connectivity index (χ4n) is 6.89. The Labute approximate surface area is 233 Å². The molecule has 0 bridgehead atoms. The standard InChI is InChI=1S/C33H21NO7/c1-18-13-15-19(16-14-18)31-32(27(35)22-9-2-3-10-23(22)28(32)36)26(20-7-6-8-21(17-20)34(39)40)33(41-31)29(37)24-11-4-5-12-25(24)30(33)38/h2-17,26,31H,1H3/t26-,31+/m1/s1. The van der Waals surface area contributed by atoms with Gasteiger partial charge in [0.25, 0.3) is 5.69 Å². The predicted octanol–water partition coefficient (Wildman–Crippen LogP) is 5.64. The van der Waals surface area contributed by atoms with Gasteiger partial charge in [-0.1, -0.05) is 90.5 Å². The molecule has 41 heavy (non-hydrogen) atoms. The van der Waals surface area contributed by atoms with Crippen LogP contribution in [0.1, 0.15) is 70.1 Å². The van der Waals surface area contributed by atoms with Crippen LogP contribution in [0.5, 0.6) is 0 Å². The van der Waals surface area contributed by atoms with Crippen LogP contribution in [0, 0.1) is 22.5 Å². The fraction of sp³-hybridized carbons (Fsp3) is 0.152. The highest BCUT2D eigenvalue weighted by atomic mass is 16.6. The third-order valence-corrected chi connectivity index (χ3v) is 8.63. The molecule has 0 radical (unpaired) electrons. The van der Waals surface area contributed by atoms with Gasteiger partial charge in [-0.15, -0.1) is 0 Å². The van der Waals surface area contributed by atoms with Gasteiger partial charge >= 0.3 is 0 Å². The molecule has 8 heteroatoms. The number of nitrogens with zero attached hydrogens (tertiary/aromatic N) is 1. The molecular weight excluding hydrogens is 522 g/mol. The number of aryl methyl sites for hydroxylation is 1.